The number of hydrogen-bond donors (Lipinski definition) is 2. The van der Waals surface area contributed by atoms with E-state index in [1.54, 1.807) is 18.3 Å². The van der Waals surface area contributed by atoms with Gasteiger partial charge in [0.05, 0.1) is 24.0 Å². The Morgan fingerprint density at radius 3 is 2.95 bits per heavy atom. The third-order valence-corrected chi connectivity index (χ3v) is 3.01. The maximum absolute atomic E-state index is 11.7. The maximum atomic E-state index is 11.7. The Morgan fingerprint density at radius 2 is 2.32 bits per heavy atom. The van der Waals surface area contributed by atoms with Gasteiger partial charge in [-0.15, -0.1) is 0 Å². The van der Waals surface area contributed by atoms with Crippen LogP contribution in [0.1, 0.15) is 19.8 Å². The van der Waals surface area contributed by atoms with E-state index in [0.29, 0.717) is 12.3 Å². The highest BCUT2D eigenvalue weighted by atomic mass is 16.5. The van der Waals surface area contributed by atoms with Gasteiger partial charge in [-0.1, -0.05) is 0 Å². The maximum Gasteiger partial charge on any atom is 0.313 e. The minimum absolute atomic E-state index is 0.00450. The van der Waals surface area contributed by atoms with E-state index < -0.39 is 11.8 Å². The summed E-state index contributed by atoms with van der Waals surface area (Å²) in [7, 11) is 0. The molecule has 1 fully saturated rings. The fourth-order valence-corrected chi connectivity index (χ4v) is 1.99. The van der Waals surface area contributed by atoms with E-state index in [0.717, 1.165) is 12.8 Å². The fourth-order valence-electron chi connectivity index (χ4n) is 1.99. The molecule has 1 aromatic rings. The summed E-state index contributed by atoms with van der Waals surface area (Å²) in [5, 5.41) is 5.13. The van der Waals surface area contributed by atoms with Crippen LogP contribution in [-0.2, 0) is 14.3 Å². The molecule has 0 saturated carbocycles. The summed E-state index contributed by atoms with van der Waals surface area (Å²) in [6, 6.07) is 3.18. The van der Waals surface area contributed by atoms with Crippen LogP contribution in [0.3, 0.4) is 0 Å². The number of pyridine rings is 1. The van der Waals surface area contributed by atoms with Crippen LogP contribution in [0.2, 0.25) is 0 Å². The number of ether oxygens (including phenoxy) is 1. The van der Waals surface area contributed by atoms with Gasteiger partial charge in [0.15, 0.2) is 0 Å². The number of rotatable bonds is 3. The van der Waals surface area contributed by atoms with Crippen LogP contribution in [0.15, 0.2) is 24.5 Å². The van der Waals surface area contributed by atoms with Gasteiger partial charge < -0.3 is 15.4 Å². The zero-order valence-electron chi connectivity index (χ0n) is 10.8. The third-order valence-electron chi connectivity index (χ3n) is 3.01. The van der Waals surface area contributed by atoms with Crippen molar-refractivity contribution in [1.82, 2.24) is 10.3 Å². The van der Waals surface area contributed by atoms with Gasteiger partial charge in [-0.3, -0.25) is 14.6 Å². The molecule has 2 amide bonds. The Hall–Kier alpha value is -1.95. The van der Waals surface area contributed by atoms with Crippen molar-refractivity contribution < 1.29 is 14.3 Å². The van der Waals surface area contributed by atoms with Crippen LogP contribution in [0.4, 0.5) is 5.69 Å². The number of hydrogen-bond acceptors (Lipinski definition) is 4. The van der Waals surface area contributed by atoms with Crippen LogP contribution < -0.4 is 10.6 Å². The number of carbonyl (C=O) groups is 2. The molecule has 1 saturated heterocycles. The predicted molar refractivity (Wildman–Crippen MR) is 69.4 cm³/mol. The largest absolute Gasteiger partial charge is 0.376 e. The summed E-state index contributed by atoms with van der Waals surface area (Å²) >= 11 is 0. The van der Waals surface area contributed by atoms with Crippen molar-refractivity contribution in [2.75, 3.05) is 11.9 Å². The summed E-state index contributed by atoms with van der Waals surface area (Å²) in [6.45, 7) is 2.55. The molecule has 1 aliphatic heterocycles. The quantitative estimate of drug-likeness (QED) is 0.787. The lowest BCUT2D eigenvalue weighted by Crippen LogP contribution is -2.45. The summed E-state index contributed by atoms with van der Waals surface area (Å²) in [5.74, 6) is -1.36. The predicted octanol–water partition coefficient (Wildman–Crippen LogP) is 0.704. The van der Waals surface area contributed by atoms with Crippen molar-refractivity contribution in [3.8, 4) is 0 Å². The molecule has 0 bridgehead atoms. The first-order valence-corrected chi connectivity index (χ1v) is 6.30. The van der Waals surface area contributed by atoms with E-state index in [2.05, 4.69) is 15.6 Å². The molecule has 2 N–H and O–H groups in total. The normalized spacial score (nSPS) is 19.7. The van der Waals surface area contributed by atoms with Crippen molar-refractivity contribution in [1.29, 1.82) is 0 Å². The van der Waals surface area contributed by atoms with Crippen LogP contribution in [-0.4, -0.2) is 35.6 Å². The number of nitrogens with one attached hydrogen (secondary N) is 2. The number of amides is 2. The molecular weight excluding hydrogens is 246 g/mol. The minimum atomic E-state index is -0.696. The molecule has 19 heavy (non-hydrogen) atoms. The molecule has 0 unspecified atom stereocenters. The highest BCUT2D eigenvalue weighted by Crippen LogP contribution is 2.15. The summed E-state index contributed by atoms with van der Waals surface area (Å²) in [6.07, 6.45) is 4.97. The van der Waals surface area contributed by atoms with Crippen molar-refractivity contribution >= 4 is 17.5 Å². The average molecular weight is 263 g/mol. The van der Waals surface area contributed by atoms with Gasteiger partial charge in [0.1, 0.15) is 0 Å². The van der Waals surface area contributed by atoms with Crippen LogP contribution >= 0.6 is 0 Å². The van der Waals surface area contributed by atoms with Crippen molar-refractivity contribution in [3.05, 3.63) is 24.5 Å². The van der Waals surface area contributed by atoms with E-state index in [-0.39, 0.29) is 12.1 Å². The van der Waals surface area contributed by atoms with E-state index in [9.17, 15) is 9.59 Å². The molecular formula is C13H17N3O3. The topological polar surface area (TPSA) is 80.3 Å². The SMILES string of the molecule is C[C@H](NC(=O)C(=O)Nc1cccnc1)[C@H]1CCCO1. The van der Waals surface area contributed by atoms with Gasteiger partial charge in [-0.25, -0.2) is 0 Å². The van der Waals surface area contributed by atoms with Crippen molar-refractivity contribution in [2.24, 2.45) is 0 Å². The van der Waals surface area contributed by atoms with Gasteiger partial charge >= 0.3 is 11.8 Å². The molecule has 1 aromatic heterocycles. The first-order valence-electron chi connectivity index (χ1n) is 6.30. The van der Waals surface area contributed by atoms with E-state index in [1.165, 1.54) is 6.20 Å². The Labute approximate surface area is 111 Å². The number of aromatic nitrogens is 1. The van der Waals surface area contributed by atoms with Gasteiger partial charge in [0, 0.05) is 12.8 Å². The van der Waals surface area contributed by atoms with Crippen LogP contribution in [0.5, 0.6) is 0 Å². The molecule has 2 heterocycles. The third kappa shape index (κ3) is 3.75. The lowest BCUT2D eigenvalue weighted by molar-refractivity contribution is -0.137. The molecule has 2 atom stereocenters. The summed E-state index contributed by atoms with van der Waals surface area (Å²) in [4.78, 5) is 27.2. The lowest BCUT2D eigenvalue weighted by Gasteiger charge is -2.19. The zero-order chi connectivity index (χ0) is 13.7. The molecule has 0 aliphatic carbocycles. The van der Waals surface area contributed by atoms with Crippen molar-refractivity contribution in [2.45, 2.75) is 31.9 Å². The standard InChI is InChI=1S/C13H17N3O3/c1-9(11-5-3-7-19-11)15-12(17)13(18)16-10-4-2-6-14-8-10/h2,4,6,8-9,11H,3,5,7H2,1H3,(H,15,17)(H,16,18)/t9-,11+/m0/s1. The number of carbonyl (C=O) groups excluding carboxylic acids is 2. The lowest BCUT2D eigenvalue weighted by atomic mass is 10.1. The molecule has 1 aliphatic rings. The molecule has 0 radical (unpaired) electrons. The first-order chi connectivity index (χ1) is 9.16. The molecule has 6 nitrogen and oxygen atoms in total. The average Bonchev–Trinajstić information content (AvgIpc) is 2.93. The molecule has 0 spiro atoms. The Balaban J connectivity index is 1.83. The molecule has 6 heteroatoms. The van der Waals surface area contributed by atoms with Gasteiger partial charge in [-0.05, 0) is 31.9 Å². The summed E-state index contributed by atoms with van der Waals surface area (Å²) < 4.78 is 5.46. The second-order valence-electron chi connectivity index (χ2n) is 4.51. The van der Waals surface area contributed by atoms with Gasteiger partial charge in [0.2, 0.25) is 0 Å². The Bertz CT molecular complexity index is 444. The second kappa shape index (κ2) is 6.29. The smallest absolute Gasteiger partial charge is 0.313 e. The number of anilines is 1. The molecule has 2 rings (SSSR count). The monoisotopic (exact) mass is 263 g/mol. The van der Waals surface area contributed by atoms with Gasteiger partial charge in [-0.2, -0.15) is 0 Å². The first kappa shape index (κ1) is 13.5. The Morgan fingerprint density at radius 1 is 1.47 bits per heavy atom. The number of nitrogens with zero attached hydrogens (tertiary/aromatic N) is 1. The minimum Gasteiger partial charge on any atom is -0.376 e. The van der Waals surface area contributed by atoms with E-state index >= 15 is 0 Å². The molecule has 102 valence electrons. The zero-order valence-corrected chi connectivity index (χ0v) is 10.8. The van der Waals surface area contributed by atoms with Crippen LogP contribution in [0, 0.1) is 0 Å². The Kier molecular flexibility index (Phi) is 4.46. The summed E-state index contributed by atoms with van der Waals surface area (Å²) in [5.41, 5.74) is 0.493. The van der Waals surface area contributed by atoms with E-state index in [4.69, 9.17) is 4.74 Å². The highest BCUT2D eigenvalue weighted by molar-refractivity contribution is 6.39. The highest BCUT2D eigenvalue weighted by Gasteiger charge is 2.25. The van der Waals surface area contributed by atoms with E-state index in [1.807, 2.05) is 6.92 Å². The van der Waals surface area contributed by atoms with Gasteiger partial charge in [0.25, 0.3) is 0 Å². The fraction of sp³-hybridized carbons (Fsp3) is 0.462. The van der Waals surface area contributed by atoms with Crippen molar-refractivity contribution in [3.63, 3.8) is 0 Å². The molecule has 0 aromatic carbocycles. The van der Waals surface area contributed by atoms with Crippen LogP contribution in [0.25, 0.3) is 0 Å². The second-order valence-corrected chi connectivity index (χ2v) is 4.51.